The molecule has 78 valence electrons. The summed E-state index contributed by atoms with van der Waals surface area (Å²) in [6.45, 7) is 0. The highest BCUT2D eigenvalue weighted by Crippen LogP contribution is 2.31. The zero-order chi connectivity index (χ0) is 10.8. The molecule has 0 atom stereocenters. The summed E-state index contributed by atoms with van der Waals surface area (Å²) in [6.07, 6.45) is 0. The molecule has 4 nitrogen and oxygen atoms in total. The van der Waals surface area contributed by atoms with Crippen LogP contribution in [-0.4, -0.2) is 22.1 Å². The summed E-state index contributed by atoms with van der Waals surface area (Å²) in [5, 5.41) is 2.52. The molecule has 0 N–H and O–H groups in total. The van der Waals surface area contributed by atoms with Crippen LogP contribution in [0.5, 0.6) is 6.01 Å². The topological polar surface area (TPSA) is 47.9 Å². The molecule has 0 aromatic carbocycles. The highest BCUT2D eigenvalue weighted by Gasteiger charge is 2.11. The highest BCUT2D eigenvalue weighted by molar-refractivity contribution is 7.14. The van der Waals surface area contributed by atoms with Crippen LogP contribution in [0.25, 0.3) is 10.7 Å². The Morgan fingerprint density at radius 3 is 2.67 bits per heavy atom. The van der Waals surface area contributed by atoms with Crippen LogP contribution in [0.4, 0.5) is 0 Å². The van der Waals surface area contributed by atoms with Gasteiger partial charge in [-0.3, -0.25) is 0 Å². The molecular weight excluding hydrogens is 257 g/mol. The maximum Gasteiger partial charge on any atom is 0.321 e. The quantitative estimate of drug-likeness (QED) is 0.834. The summed E-state index contributed by atoms with van der Waals surface area (Å²) < 4.78 is 4.89. The van der Waals surface area contributed by atoms with Crippen LogP contribution in [0.3, 0.4) is 0 Å². The number of aromatic nitrogens is 3. The van der Waals surface area contributed by atoms with Crippen molar-refractivity contribution in [1.82, 2.24) is 15.0 Å². The summed E-state index contributed by atoms with van der Waals surface area (Å²) in [5.74, 6) is 0.423. The lowest BCUT2D eigenvalue weighted by Gasteiger charge is -2.01. The maximum absolute atomic E-state index is 5.95. The van der Waals surface area contributed by atoms with E-state index in [1.54, 1.807) is 6.07 Å². The standard InChI is InChI=1S/C8H5Cl2N3OS/c1-14-8-12-6(11-7(10)13-8)5-4(9)2-3-15-5/h2-3H,1H3. The molecule has 2 rings (SSSR count). The lowest BCUT2D eigenvalue weighted by atomic mass is 10.4. The maximum atomic E-state index is 5.95. The smallest absolute Gasteiger partial charge is 0.321 e. The molecule has 2 heterocycles. The van der Waals surface area contributed by atoms with E-state index in [4.69, 9.17) is 27.9 Å². The van der Waals surface area contributed by atoms with E-state index >= 15 is 0 Å². The van der Waals surface area contributed by atoms with Crippen molar-refractivity contribution in [3.8, 4) is 16.7 Å². The summed E-state index contributed by atoms with van der Waals surface area (Å²) in [5.41, 5.74) is 0. The first-order valence-corrected chi connectivity index (χ1v) is 5.53. The minimum atomic E-state index is 0.0846. The molecule has 7 heteroatoms. The van der Waals surface area contributed by atoms with Gasteiger partial charge in [0.2, 0.25) is 5.28 Å². The Hall–Kier alpha value is -0.910. The van der Waals surface area contributed by atoms with Crippen molar-refractivity contribution >= 4 is 34.5 Å². The molecular formula is C8H5Cl2N3OS. The first-order valence-electron chi connectivity index (χ1n) is 3.89. The normalized spacial score (nSPS) is 10.3. The predicted octanol–water partition coefficient (Wildman–Crippen LogP) is 2.92. The van der Waals surface area contributed by atoms with Gasteiger partial charge in [-0.05, 0) is 23.0 Å². The van der Waals surface area contributed by atoms with Crippen LogP contribution in [-0.2, 0) is 0 Å². The van der Waals surface area contributed by atoms with Crippen LogP contribution in [0.15, 0.2) is 11.4 Å². The largest absolute Gasteiger partial charge is 0.467 e. The summed E-state index contributed by atoms with van der Waals surface area (Å²) >= 11 is 13.1. The SMILES string of the molecule is COc1nc(Cl)nc(-c2sccc2Cl)n1. The fourth-order valence-electron chi connectivity index (χ4n) is 0.978. The van der Waals surface area contributed by atoms with Crippen molar-refractivity contribution in [2.24, 2.45) is 0 Å². The van der Waals surface area contributed by atoms with Crippen molar-refractivity contribution in [2.45, 2.75) is 0 Å². The Morgan fingerprint density at radius 2 is 2.07 bits per heavy atom. The molecule has 0 aliphatic carbocycles. The number of ether oxygens (including phenoxy) is 1. The first kappa shape index (κ1) is 10.6. The molecule has 0 saturated heterocycles. The zero-order valence-electron chi connectivity index (χ0n) is 7.57. The molecule has 0 aliphatic heterocycles. The van der Waals surface area contributed by atoms with Crippen LogP contribution < -0.4 is 4.74 Å². The molecule has 0 spiro atoms. The average Bonchev–Trinajstić information content (AvgIpc) is 2.63. The van der Waals surface area contributed by atoms with Gasteiger partial charge in [-0.25, -0.2) is 0 Å². The van der Waals surface area contributed by atoms with Crippen molar-refractivity contribution in [2.75, 3.05) is 7.11 Å². The van der Waals surface area contributed by atoms with Gasteiger partial charge in [0.05, 0.1) is 17.0 Å². The van der Waals surface area contributed by atoms with E-state index in [1.165, 1.54) is 18.4 Å². The van der Waals surface area contributed by atoms with Gasteiger partial charge in [-0.2, -0.15) is 15.0 Å². The Bertz CT molecular complexity index is 488. The fourth-order valence-corrected chi connectivity index (χ4v) is 2.20. The van der Waals surface area contributed by atoms with E-state index in [0.29, 0.717) is 10.8 Å². The Balaban J connectivity index is 2.53. The van der Waals surface area contributed by atoms with E-state index in [1.807, 2.05) is 5.38 Å². The molecule has 0 fully saturated rings. The van der Waals surface area contributed by atoms with Gasteiger partial charge >= 0.3 is 6.01 Å². The van der Waals surface area contributed by atoms with Gasteiger partial charge in [0.15, 0.2) is 5.82 Å². The monoisotopic (exact) mass is 261 g/mol. The number of methoxy groups -OCH3 is 1. The molecule has 0 bridgehead atoms. The van der Waals surface area contributed by atoms with Crippen molar-refractivity contribution in [3.05, 3.63) is 21.8 Å². The van der Waals surface area contributed by atoms with E-state index in [0.717, 1.165) is 4.88 Å². The molecule has 2 aromatic heterocycles. The van der Waals surface area contributed by atoms with Gasteiger partial charge in [0, 0.05) is 0 Å². The molecule has 0 unspecified atom stereocenters. The molecule has 0 aliphatic rings. The summed E-state index contributed by atoms with van der Waals surface area (Å²) in [4.78, 5) is 12.6. The highest BCUT2D eigenvalue weighted by atomic mass is 35.5. The van der Waals surface area contributed by atoms with E-state index in [2.05, 4.69) is 15.0 Å². The number of rotatable bonds is 2. The van der Waals surface area contributed by atoms with E-state index in [-0.39, 0.29) is 11.3 Å². The van der Waals surface area contributed by atoms with Crippen LogP contribution in [0.1, 0.15) is 0 Å². The Labute approximate surface area is 99.9 Å². The minimum Gasteiger partial charge on any atom is -0.467 e. The number of halogens is 2. The second-order valence-electron chi connectivity index (χ2n) is 2.51. The average molecular weight is 262 g/mol. The summed E-state index contributed by atoms with van der Waals surface area (Å²) in [7, 11) is 1.46. The van der Waals surface area contributed by atoms with Crippen LogP contribution >= 0.6 is 34.5 Å². The predicted molar refractivity (Wildman–Crippen MR) is 59.7 cm³/mol. The third kappa shape index (κ3) is 2.19. The van der Waals surface area contributed by atoms with Gasteiger partial charge in [0.25, 0.3) is 0 Å². The lowest BCUT2D eigenvalue weighted by Crippen LogP contribution is -1.97. The van der Waals surface area contributed by atoms with Gasteiger partial charge in [-0.15, -0.1) is 11.3 Å². The van der Waals surface area contributed by atoms with Gasteiger partial charge < -0.3 is 4.74 Å². The first-order chi connectivity index (χ1) is 7.20. The molecule has 0 amide bonds. The summed E-state index contributed by atoms with van der Waals surface area (Å²) in [6, 6.07) is 1.95. The Kier molecular flexibility index (Phi) is 3.04. The minimum absolute atomic E-state index is 0.0846. The number of nitrogens with zero attached hydrogens (tertiary/aromatic N) is 3. The van der Waals surface area contributed by atoms with Crippen LogP contribution in [0, 0.1) is 0 Å². The molecule has 2 aromatic rings. The van der Waals surface area contributed by atoms with Crippen molar-refractivity contribution < 1.29 is 4.74 Å². The second-order valence-corrected chi connectivity index (χ2v) is 4.17. The fraction of sp³-hybridized carbons (Fsp3) is 0.125. The van der Waals surface area contributed by atoms with Crippen molar-refractivity contribution in [1.29, 1.82) is 0 Å². The molecule has 0 saturated carbocycles. The number of hydrogen-bond donors (Lipinski definition) is 0. The third-order valence-corrected chi connectivity index (χ3v) is 3.10. The number of hydrogen-bond acceptors (Lipinski definition) is 5. The van der Waals surface area contributed by atoms with E-state index < -0.39 is 0 Å². The van der Waals surface area contributed by atoms with Gasteiger partial charge in [0.1, 0.15) is 0 Å². The van der Waals surface area contributed by atoms with Crippen molar-refractivity contribution in [3.63, 3.8) is 0 Å². The van der Waals surface area contributed by atoms with Crippen LogP contribution in [0.2, 0.25) is 10.3 Å². The third-order valence-electron chi connectivity index (χ3n) is 1.59. The number of thiophene rings is 1. The second kappa shape index (κ2) is 4.30. The lowest BCUT2D eigenvalue weighted by molar-refractivity contribution is 0.379. The molecule has 0 radical (unpaired) electrons. The zero-order valence-corrected chi connectivity index (χ0v) is 9.90. The Morgan fingerprint density at radius 1 is 1.27 bits per heavy atom. The van der Waals surface area contributed by atoms with Gasteiger partial charge in [-0.1, -0.05) is 11.6 Å². The molecule has 15 heavy (non-hydrogen) atoms. The van der Waals surface area contributed by atoms with E-state index in [9.17, 15) is 0 Å².